The van der Waals surface area contributed by atoms with Crippen LogP contribution in [0.3, 0.4) is 0 Å². The summed E-state index contributed by atoms with van der Waals surface area (Å²) in [5.41, 5.74) is 1.98. The number of carboxylic acid groups (broad SMARTS) is 1. The van der Waals surface area contributed by atoms with E-state index in [1.54, 1.807) is 11.8 Å². The van der Waals surface area contributed by atoms with Crippen LogP contribution in [0, 0.1) is 28.6 Å². The highest BCUT2D eigenvalue weighted by molar-refractivity contribution is 7.98. The normalized spacial score (nSPS) is 40.2. The van der Waals surface area contributed by atoms with Crippen molar-refractivity contribution in [3.63, 3.8) is 0 Å². The molecule has 0 bridgehead atoms. The fourth-order valence-corrected chi connectivity index (χ4v) is 8.26. The van der Waals surface area contributed by atoms with Gasteiger partial charge in [0, 0.05) is 0 Å². The molecule has 7 nitrogen and oxygen atoms in total. The quantitative estimate of drug-likeness (QED) is 0.421. The van der Waals surface area contributed by atoms with E-state index in [9.17, 15) is 19.8 Å². The summed E-state index contributed by atoms with van der Waals surface area (Å²) in [7, 11) is 0. The summed E-state index contributed by atoms with van der Waals surface area (Å²) in [6, 6.07) is -0.903. The van der Waals surface area contributed by atoms with Crippen molar-refractivity contribution in [1.82, 2.24) is 5.32 Å². The Morgan fingerprint density at radius 2 is 1.91 bits per heavy atom. The molecule has 196 valence electrons. The number of carboxylic acids is 1. The van der Waals surface area contributed by atoms with Crippen molar-refractivity contribution in [2.45, 2.75) is 90.2 Å². The summed E-state index contributed by atoms with van der Waals surface area (Å²) >= 11 is 1.55. The van der Waals surface area contributed by atoms with Crippen LogP contribution in [0.25, 0.3) is 0 Å². The molecule has 3 N–H and O–H groups in total. The predicted octanol–water partition coefficient (Wildman–Crippen LogP) is 4.40. The van der Waals surface area contributed by atoms with Gasteiger partial charge in [-0.05, 0) is 111 Å². The number of aliphatic hydroxyl groups is 1. The molecule has 0 saturated heterocycles. The van der Waals surface area contributed by atoms with Gasteiger partial charge in [0.25, 0.3) is 5.91 Å². The van der Waals surface area contributed by atoms with Crippen LogP contribution in [0.15, 0.2) is 16.8 Å². The SMILES string of the molecule is CSCC[C@@H](NC(=O)CON=C1C=C2CC[C@@H]3[C@H](CC[C@@]4(C)[C@H]3CC[C@]4(C)O)[C@@]2(C)CC1)C(=O)O. The molecule has 4 aliphatic rings. The Hall–Kier alpha value is -1.54. The maximum absolute atomic E-state index is 12.2. The molecule has 4 rings (SSSR count). The first kappa shape index (κ1) is 26.5. The van der Waals surface area contributed by atoms with E-state index in [0.717, 1.165) is 44.2 Å². The number of amides is 1. The summed E-state index contributed by atoms with van der Waals surface area (Å²) in [6.45, 7) is 6.53. The zero-order chi connectivity index (χ0) is 25.4. The third-order valence-corrected chi connectivity index (χ3v) is 10.8. The average Bonchev–Trinajstić information content (AvgIpc) is 3.05. The average molecular weight is 507 g/mol. The molecule has 3 saturated carbocycles. The Kier molecular flexibility index (Phi) is 7.64. The largest absolute Gasteiger partial charge is 0.480 e. The first-order chi connectivity index (χ1) is 16.5. The van der Waals surface area contributed by atoms with Gasteiger partial charge in [-0.3, -0.25) is 4.79 Å². The van der Waals surface area contributed by atoms with E-state index in [1.165, 1.54) is 18.4 Å². The van der Waals surface area contributed by atoms with Crippen LogP contribution in [-0.4, -0.2) is 58.1 Å². The number of fused-ring (bicyclic) bond motifs is 5. The Morgan fingerprint density at radius 1 is 1.17 bits per heavy atom. The fourth-order valence-electron chi connectivity index (χ4n) is 7.79. The number of nitrogens with zero attached hydrogens (tertiary/aromatic N) is 1. The van der Waals surface area contributed by atoms with Crippen LogP contribution in [0.4, 0.5) is 0 Å². The summed E-state index contributed by atoms with van der Waals surface area (Å²) in [4.78, 5) is 28.8. The first-order valence-corrected chi connectivity index (χ1v) is 14.5. The van der Waals surface area contributed by atoms with Crippen molar-refractivity contribution in [1.29, 1.82) is 0 Å². The van der Waals surface area contributed by atoms with Gasteiger partial charge in [-0.25, -0.2) is 4.79 Å². The van der Waals surface area contributed by atoms with Gasteiger partial charge in [-0.2, -0.15) is 11.8 Å². The third kappa shape index (κ3) is 4.89. The van der Waals surface area contributed by atoms with Crippen LogP contribution in [0.5, 0.6) is 0 Å². The number of hydrogen-bond donors (Lipinski definition) is 3. The summed E-state index contributed by atoms with van der Waals surface area (Å²) in [6.07, 6.45) is 12.9. The molecular weight excluding hydrogens is 464 g/mol. The molecule has 0 aliphatic heterocycles. The standard InChI is InChI=1S/C27H42N2O5S/c1-25-11-7-18(29-34-16-23(30)28-22(24(31)32)10-14-35-4)15-17(25)5-6-19-20(25)8-12-26(2)21(19)9-13-27(26,3)33/h15,19-22,33H,5-14,16H2,1-4H3,(H,28,30)(H,31,32)/t19-,20+,21+,22-,25+,26+,27+/m1/s1. The van der Waals surface area contributed by atoms with Crippen molar-refractivity contribution in [2.75, 3.05) is 18.6 Å². The zero-order valence-corrected chi connectivity index (χ0v) is 22.5. The van der Waals surface area contributed by atoms with Crippen LogP contribution in [-0.2, 0) is 14.4 Å². The molecule has 35 heavy (non-hydrogen) atoms. The Bertz CT molecular complexity index is 902. The Morgan fingerprint density at radius 3 is 2.63 bits per heavy atom. The second kappa shape index (κ2) is 10.1. The summed E-state index contributed by atoms with van der Waals surface area (Å²) in [5.74, 6) is 1.10. The van der Waals surface area contributed by atoms with Crippen molar-refractivity contribution in [3.05, 3.63) is 11.6 Å². The van der Waals surface area contributed by atoms with Gasteiger partial charge in [0.2, 0.25) is 0 Å². The fraction of sp³-hybridized carbons (Fsp3) is 0.815. The van der Waals surface area contributed by atoms with Gasteiger partial charge in [0.05, 0.1) is 11.3 Å². The van der Waals surface area contributed by atoms with E-state index in [-0.39, 0.29) is 17.4 Å². The second-order valence-electron chi connectivity index (χ2n) is 11.9. The molecule has 0 heterocycles. The topological polar surface area (TPSA) is 108 Å². The highest BCUT2D eigenvalue weighted by atomic mass is 32.2. The maximum atomic E-state index is 12.2. The molecule has 1 amide bonds. The molecule has 0 radical (unpaired) electrons. The number of oxime groups is 1. The van der Waals surface area contributed by atoms with E-state index in [4.69, 9.17) is 4.84 Å². The molecule has 0 spiro atoms. The van der Waals surface area contributed by atoms with Crippen molar-refractivity contribution >= 4 is 29.4 Å². The number of rotatable bonds is 8. The monoisotopic (exact) mass is 506 g/mol. The molecule has 8 heteroatoms. The van der Waals surface area contributed by atoms with Gasteiger partial charge >= 0.3 is 5.97 Å². The maximum Gasteiger partial charge on any atom is 0.326 e. The number of nitrogens with one attached hydrogen (secondary N) is 1. The molecule has 0 aromatic carbocycles. The van der Waals surface area contributed by atoms with Gasteiger partial charge in [-0.1, -0.05) is 24.6 Å². The molecule has 3 fully saturated rings. The molecule has 4 aliphatic carbocycles. The van der Waals surface area contributed by atoms with E-state index in [2.05, 4.69) is 37.3 Å². The molecule has 0 unspecified atom stereocenters. The smallest absolute Gasteiger partial charge is 0.326 e. The van der Waals surface area contributed by atoms with E-state index in [1.807, 2.05) is 6.26 Å². The minimum atomic E-state index is -1.03. The number of hydrogen-bond acceptors (Lipinski definition) is 6. The lowest BCUT2D eigenvalue weighted by Gasteiger charge is -2.59. The van der Waals surface area contributed by atoms with Gasteiger partial charge in [0.1, 0.15) is 6.04 Å². The Labute approximate surface area is 213 Å². The highest BCUT2D eigenvalue weighted by Gasteiger charge is 2.62. The number of thioether (sulfide) groups is 1. The van der Waals surface area contributed by atoms with Gasteiger partial charge < -0.3 is 20.4 Å². The lowest BCUT2D eigenvalue weighted by Crippen LogP contribution is -2.53. The number of carbonyl (C=O) groups is 2. The number of carbonyl (C=O) groups excluding carboxylic acids is 1. The second-order valence-corrected chi connectivity index (χ2v) is 12.9. The van der Waals surface area contributed by atoms with Crippen molar-refractivity contribution in [3.8, 4) is 0 Å². The number of allylic oxidation sites excluding steroid dienone is 2. The van der Waals surface area contributed by atoms with Crippen LogP contribution < -0.4 is 5.32 Å². The Balaban J connectivity index is 1.37. The predicted molar refractivity (Wildman–Crippen MR) is 138 cm³/mol. The minimum absolute atomic E-state index is 0.0382. The first-order valence-electron chi connectivity index (χ1n) is 13.2. The molecular formula is C27H42N2O5S. The van der Waals surface area contributed by atoms with Crippen LogP contribution >= 0.6 is 11.8 Å². The highest BCUT2D eigenvalue weighted by Crippen LogP contribution is 2.67. The van der Waals surface area contributed by atoms with E-state index >= 15 is 0 Å². The minimum Gasteiger partial charge on any atom is -0.480 e. The van der Waals surface area contributed by atoms with Crippen molar-refractivity contribution in [2.24, 2.45) is 33.7 Å². The van der Waals surface area contributed by atoms with E-state index in [0.29, 0.717) is 29.9 Å². The van der Waals surface area contributed by atoms with Crippen LogP contribution in [0.1, 0.15) is 78.6 Å². The molecule has 7 atom stereocenters. The number of aliphatic carboxylic acids is 1. The van der Waals surface area contributed by atoms with Gasteiger partial charge in [-0.15, -0.1) is 0 Å². The molecule has 0 aromatic heterocycles. The van der Waals surface area contributed by atoms with Crippen LogP contribution in [0.2, 0.25) is 0 Å². The third-order valence-electron chi connectivity index (χ3n) is 10.2. The van der Waals surface area contributed by atoms with Crippen molar-refractivity contribution < 1.29 is 24.6 Å². The summed E-state index contributed by atoms with van der Waals surface area (Å²) < 4.78 is 0. The zero-order valence-electron chi connectivity index (χ0n) is 21.6. The molecule has 0 aromatic rings. The lowest BCUT2D eigenvalue weighted by molar-refractivity contribution is -0.142. The lowest BCUT2D eigenvalue weighted by atomic mass is 9.46. The summed E-state index contributed by atoms with van der Waals surface area (Å²) in [5, 5.41) is 27.1. The van der Waals surface area contributed by atoms with E-state index < -0.39 is 23.5 Å². The van der Waals surface area contributed by atoms with Gasteiger partial charge in [0.15, 0.2) is 6.61 Å².